The highest BCUT2D eigenvalue weighted by Gasteiger charge is 2.17. The fourth-order valence-electron chi connectivity index (χ4n) is 9.65. The van der Waals surface area contributed by atoms with Crippen molar-refractivity contribution in [1.82, 2.24) is 24.9 Å². The first-order valence-electron chi connectivity index (χ1n) is 24.4. The molecule has 0 aliphatic carbocycles. The third-order valence-corrected chi connectivity index (χ3v) is 13.4. The highest BCUT2D eigenvalue weighted by atomic mass is 16.3. The zero-order chi connectivity index (χ0) is 48.5. The Morgan fingerprint density at radius 1 is 0.219 bits per heavy atom. The van der Waals surface area contributed by atoms with Gasteiger partial charge in [-0.3, -0.25) is 0 Å². The molecule has 0 N–H and O–H groups in total. The van der Waals surface area contributed by atoms with Crippen LogP contribution in [0.5, 0.6) is 0 Å². The first-order valence-corrected chi connectivity index (χ1v) is 24.4. The van der Waals surface area contributed by atoms with Gasteiger partial charge >= 0.3 is 0 Å². The van der Waals surface area contributed by atoms with Gasteiger partial charge in [0.1, 0.15) is 11.2 Å². The Morgan fingerprint density at radius 3 is 1.14 bits per heavy atom. The summed E-state index contributed by atoms with van der Waals surface area (Å²) in [6, 6.07) is 89.9. The van der Waals surface area contributed by atoms with E-state index in [0.717, 1.165) is 111 Å². The van der Waals surface area contributed by atoms with Crippen LogP contribution in [0.25, 0.3) is 135 Å². The summed E-state index contributed by atoms with van der Waals surface area (Å²) in [4.78, 5) is 25.9. The highest BCUT2D eigenvalue weighted by molar-refractivity contribution is 6.09. The maximum Gasteiger partial charge on any atom is 0.164 e. The number of fused-ring (bicyclic) bond motifs is 3. The van der Waals surface area contributed by atoms with Gasteiger partial charge in [0, 0.05) is 49.7 Å². The summed E-state index contributed by atoms with van der Waals surface area (Å²) >= 11 is 0. The van der Waals surface area contributed by atoms with Gasteiger partial charge in [-0.2, -0.15) is 0 Å². The molecule has 6 nitrogen and oxygen atoms in total. The molecule has 0 atom stereocenters. The maximum absolute atomic E-state index is 6.40. The number of para-hydroxylation sites is 2. The summed E-state index contributed by atoms with van der Waals surface area (Å²) in [6.45, 7) is 0. The summed E-state index contributed by atoms with van der Waals surface area (Å²) < 4.78 is 6.40. The zero-order valence-corrected chi connectivity index (χ0v) is 39.5. The lowest BCUT2D eigenvalue weighted by Gasteiger charge is -2.12. The van der Waals surface area contributed by atoms with Crippen molar-refractivity contribution < 1.29 is 4.42 Å². The third kappa shape index (κ3) is 8.64. The summed E-state index contributed by atoms with van der Waals surface area (Å²) in [5, 5.41) is 2.22. The molecule has 0 amide bonds. The van der Waals surface area contributed by atoms with E-state index in [0.29, 0.717) is 23.3 Å². The topological polar surface area (TPSA) is 77.6 Å². The predicted molar refractivity (Wildman–Crippen MR) is 297 cm³/mol. The molecule has 0 radical (unpaired) electrons. The van der Waals surface area contributed by atoms with Crippen molar-refractivity contribution in [3.63, 3.8) is 0 Å². The van der Waals surface area contributed by atoms with E-state index >= 15 is 0 Å². The molecular weight excluding hydrogens is 891 g/mol. The quantitative estimate of drug-likeness (QED) is 0.136. The van der Waals surface area contributed by atoms with Crippen LogP contribution in [0.1, 0.15) is 0 Å². The number of aromatic nitrogens is 5. The second-order valence-corrected chi connectivity index (χ2v) is 18.0. The standard InChI is InChI=1S/C67H43N5O/c1-4-17-44(18-5-1)49-23-13-28-54(40-49)65-70-66(55-29-14-24-50(41-55)45-19-6-2-7-20-45)72-67(71-65)56-30-15-26-52(42-56)51-25-12-27-53(39-51)61-43-60(68-64(69-61)48-21-8-3-9-22-48)47-37-35-46(36-38-47)57-32-16-33-59-58-31-10-11-34-62(58)73-63(57)59/h1-43H. The van der Waals surface area contributed by atoms with E-state index in [4.69, 9.17) is 29.3 Å². The molecule has 0 bridgehead atoms. The summed E-state index contributed by atoms with van der Waals surface area (Å²) in [5.41, 5.74) is 17.6. The van der Waals surface area contributed by atoms with Gasteiger partial charge in [0.25, 0.3) is 0 Å². The molecular formula is C67H43N5O. The fourth-order valence-corrected chi connectivity index (χ4v) is 9.65. The number of rotatable bonds is 10. The van der Waals surface area contributed by atoms with Crippen LogP contribution in [0.15, 0.2) is 265 Å². The highest BCUT2D eigenvalue weighted by Crippen LogP contribution is 2.38. The van der Waals surface area contributed by atoms with E-state index in [9.17, 15) is 0 Å². The molecule has 0 fully saturated rings. The first kappa shape index (κ1) is 43.1. The molecule has 0 saturated heterocycles. The summed E-state index contributed by atoms with van der Waals surface area (Å²) in [6.07, 6.45) is 0. The smallest absolute Gasteiger partial charge is 0.164 e. The van der Waals surface area contributed by atoms with Gasteiger partial charge in [0.2, 0.25) is 0 Å². The Balaban J connectivity index is 0.874. The van der Waals surface area contributed by atoms with Gasteiger partial charge in [-0.15, -0.1) is 0 Å². The second-order valence-electron chi connectivity index (χ2n) is 18.0. The van der Waals surface area contributed by atoms with E-state index < -0.39 is 0 Å². The summed E-state index contributed by atoms with van der Waals surface area (Å²) in [7, 11) is 0. The zero-order valence-electron chi connectivity index (χ0n) is 39.5. The molecule has 0 unspecified atom stereocenters. The van der Waals surface area contributed by atoms with Gasteiger partial charge in [0.05, 0.1) is 11.4 Å². The molecule has 0 spiro atoms. The Bertz CT molecular complexity index is 4030. The van der Waals surface area contributed by atoms with E-state index in [1.165, 1.54) is 0 Å². The normalized spacial score (nSPS) is 11.3. The molecule has 13 rings (SSSR count). The second kappa shape index (κ2) is 18.8. The molecule has 0 saturated carbocycles. The van der Waals surface area contributed by atoms with Crippen molar-refractivity contribution >= 4 is 21.9 Å². The number of nitrogens with zero attached hydrogens (tertiary/aromatic N) is 5. The van der Waals surface area contributed by atoms with Crippen LogP contribution in [-0.2, 0) is 0 Å². The van der Waals surface area contributed by atoms with Crippen LogP contribution < -0.4 is 0 Å². The van der Waals surface area contributed by atoms with Gasteiger partial charge < -0.3 is 4.42 Å². The summed E-state index contributed by atoms with van der Waals surface area (Å²) in [5.74, 6) is 2.44. The number of hydrogen-bond donors (Lipinski definition) is 0. The van der Waals surface area contributed by atoms with Gasteiger partial charge in [0.15, 0.2) is 23.3 Å². The molecule has 3 aromatic heterocycles. The van der Waals surface area contributed by atoms with Crippen LogP contribution in [0.4, 0.5) is 0 Å². The molecule has 342 valence electrons. The van der Waals surface area contributed by atoms with Crippen molar-refractivity contribution in [2.45, 2.75) is 0 Å². The minimum Gasteiger partial charge on any atom is -0.455 e. The molecule has 0 aliphatic heterocycles. The number of hydrogen-bond acceptors (Lipinski definition) is 6. The third-order valence-electron chi connectivity index (χ3n) is 13.4. The molecule has 73 heavy (non-hydrogen) atoms. The Hall–Kier alpha value is -9.91. The predicted octanol–water partition coefficient (Wildman–Crippen LogP) is 17.2. The maximum atomic E-state index is 6.40. The number of furan rings is 1. The minimum atomic E-state index is 0.585. The van der Waals surface area contributed by atoms with Gasteiger partial charge in [-0.05, 0) is 75.3 Å². The molecule has 13 aromatic rings. The van der Waals surface area contributed by atoms with Crippen LogP contribution in [0.3, 0.4) is 0 Å². The first-order chi connectivity index (χ1) is 36.1. The van der Waals surface area contributed by atoms with E-state index in [2.05, 4.69) is 218 Å². The van der Waals surface area contributed by atoms with E-state index in [1.807, 2.05) is 42.5 Å². The van der Waals surface area contributed by atoms with Crippen molar-refractivity contribution in [3.8, 4) is 113 Å². The lowest BCUT2D eigenvalue weighted by Crippen LogP contribution is -2.00. The van der Waals surface area contributed by atoms with Crippen LogP contribution in [0.2, 0.25) is 0 Å². The van der Waals surface area contributed by atoms with Crippen LogP contribution in [0, 0.1) is 0 Å². The monoisotopic (exact) mass is 933 g/mol. The van der Waals surface area contributed by atoms with Gasteiger partial charge in [-0.1, -0.05) is 224 Å². The van der Waals surface area contributed by atoms with Crippen molar-refractivity contribution in [1.29, 1.82) is 0 Å². The lowest BCUT2D eigenvalue weighted by atomic mass is 9.98. The van der Waals surface area contributed by atoms with E-state index in [-0.39, 0.29) is 0 Å². The Morgan fingerprint density at radius 2 is 0.589 bits per heavy atom. The van der Waals surface area contributed by atoms with E-state index in [1.54, 1.807) is 0 Å². The average molecular weight is 934 g/mol. The van der Waals surface area contributed by atoms with Gasteiger partial charge in [-0.25, -0.2) is 24.9 Å². The largest absolute Gasteiger partial charge is 0.455 e. The molecule has 6 heteroatoms. The van der Waals surface area contributed by atoms with Crippen LogP contribution in [-0.4, -0.2) is 24.9 Å². The van der Waals surface area contributed by atoms with Crippen molar-refractivity contribution in [2.24, 2.45) is 0 Å². The number of benzene rings is 10. The average Bonchev–Trinajstić information content (AvgIpc) is 3.87. The van der Waals surface area contributed by atoms with Crippen molar-refractivity contribution in [3.05, 3.63) is 261 Å². The van der Waals surface area contributed by atoms with Crippen LogP contribution >= 0.6 is 0 Å². The molecule has 10 aromatic carbocycles. The Labute approximate surface area is 422 Å². The van der Waals surface area contributed by atoms with Crippen molar-refractivity contribution in [2.75, 3.05) is 0 Å². The molecule has 0 aliphatic rings. The fraction of sp³-hybridized carbons (Fsp3) is 0. The minimum absolute atomic E-state index is 0.585. The Kier molecular flexibility index (Phi) is 11.1. The molecule has 3 heterocycles. The lowest BCUT2D eigenvalue weighted by molar-refractivity contribution is 0.670. The SMILES string of the molecule is c1ccc(-c2cccc(-c3nc(-c4cccc(-c5ccccc5)c4)nc(-c4cccc(-c5cccc(-c6cc(-c7ccc(-c8cccc9c8oc8ccccc89)cc7)nc(-c7ccccc7)n6)c5)c4)n3)c2)cc1.